The topological polar surface area (TPSA) is 35.5 Å². The number of carbonyl (C=O) groups excluding carboxylic acids is 1. The molecule has 16 heavy (non-hydrogen) atoms. The predicted octanol–water partition coefficient (Wildman–Crippen LogP) is 2.66. The number of carbonyl (C=O) groups is 1. The van der Waals surface area contributed by atoms with Crippen LogP contribution in [-0.2, 0) is 14.6 Å². The van der Waals surface area contributed by atoms with E-state index in [1.165, 1.54) is 0 Å². The molecule has 3 nitrogen and oxygen atoms in total. The highest BCUT2D eigenvalue weighted by Crippen LogP contribution is 2.42. The van der Waals surface area contributed by atoms with E-state index in [0.29, 0.717) is 12.2 Å². The van der Waals surface area contributed by atoms with Crippen LogP contribution in [0.4, 0.5) is 0 Å². The molecule has 2 bridgehead atoms. The van der Waals surface area contributed by atoms with E-state index in [0.717, 1.165) is 12.8 Å². The van der Waals surface area contributed by atoms with Gasteiger partial charge in [0.1, 0.15) is 17.5 Å². The molecule has 0 radical (unpaired) electrons. The minimum absolute atomic E-state index is 0.0176. The lowest BCUT2D eigenvalue weighted by Crippen LogP contribution is -2.52. The molecule has 1 saturated heterocycles. The van der Waals surface area contributed by atoms with Gasteiger partial charge in [0.25, 0.3) is 0 Å². The molecule has 2 fully saturated rings. The molecule has 4 atom stereocenters. The van der Waals surface area contributed by atoms with E-state index in [4.69, 9.17) is 9.78 Å². The summed E-state index contributed by atoms with van der Waals surface area (Å²) in [5.74, 6) is 0.550. The van der Waals surface area contributed by atoms with Crippen LogP contribution < -0.4 is 0 Å². The second kappa shape index (κ2) is 4.30. The van der Waals surface area contributed by atoms with Crippen molar-refractivity contribution in [2.24, 2.45) is 11.8 Å². The highest BCUT2D eigenvalue weighted by atomic mass is 17.2. The SMILES string of the molecule is CCC=CC1(C)OO[C@@H]2C[C@H]1CC(=O)[C@@H]2C. The van der Waals surface area contributed by atoms with Crippen LogP contribution in [-0.4, -0.2) is 17.5 Å². The summed E-state index contributed by atoms with van der Waals surface area (Å²) in [4.78, 5) is 22.7. The first kappa shape index (κ1) is 11.8. The van der Waals surface area contributed by atoms with Crippen molar-refractivity contribution in [3.05, 3.63) is 12.2 Å². The van der Waals surface area contributed by atoms with Gasteiger partial charge in [-0.05, 0) is 19.8 Å². The fraction of sp³-hybridized carbons (Fsp3) is 0.769. The molecule has 1 saturated carbocycles. The fourth-order valence-corrected chi connectivity index (χ4v) is 2.51. The lowest BCUT2D eigenvalue weighted by atomic mass is 9.71. The van der Waals surface area contributed by atoms with Crippen molar-refractivity contribution >= 4 is 5.78 Å². The Bertz CT molecular complexity index is 310. The Balaban J connectivity index is 2.16. The molecule has 1 aliphatic heterocycles. The third-order valence-electron chi connectivity index (χ3n) is 3.88. The van der Waals surface area contributed by atoms with E-state index in [-0.39, 0.29) is 17.9 Å². The van der Waals surface area contributed by atoms with Gasteiger partial charge < -0.3 is 0 Å². The van der Waals surface area contributed by atoms with Crippen molar-refractivity contribution in [2.75, 3.05) is 0 Å². The molecule has 1 heterocycles. The summed E-state index contributed by atoms with van der Waals surface area (Å²) >= 11 is 0. The quantitative estimate of drug-likeness (QED) is 0.534. The Hall–Kier alpha value is -0.670. The summed E-state index contributed by atoms with van der Waals surface area (Å²) < 4.78 is 0. The first-order valence-electron chi connectivity index (χ1n) is 6.11. The summed E-state index contributed by atoms with van der Waals surface area (Å²) in [6, 6.07) is 0. The summed E-state index contributed by atoms with van der Waals surface area (Å²) in [6.07, 6.45) is 6.58. The minimum Gasteiger partial charge on any atom is -0.299 e. The maximum Gasteiger partial charge on any atom is 0.138 e. The summed E-state index contributed by atoms with van der Waals surface area (Å²) in [7, 11) is 0. The molecule has 90 valence electrons. The van der Waals surface area contributed by atoms with Gasteiger partial charge >= 0.3 is 0 Å². The van der Waals surface area contributed by atoms with Crippen molar-refractivity contribution in [1.82, 2.24) is 0 Å². The van der Waals surface area contributed by atoms with Gasteiger partial charge in [-0.1, -0.05) is 26.0 Å². The number of allylic oxidation sites excluding steroid dienone is 1. The second-order valence-corrected chi connectivity index (χ2v) is 5.10. The molecule has 0 aromatic heterocycles. The Kier molecular flexibility index (Phi) is 3.17. The lowest BCUT2D eigenvalue weighted by Gasteiger charge is -2.45. The molecule has 0 amide bonds. The molecule has 1 aliphatic carbocycles. The van der Waals surface area contributed by atoms with Gasteiger partial charge in [0, 0.05) is 18.3 Å². The monoisotopic (exact) mass is 224 g/mol. The molecule has 0 aromatic carbocycles. The van der Waals surface area contributed by atoms with Crippen LogP contribution in [0.5, 0.6) is 0 Å². The predicted molar refractivity (Wildman–Crippen MR) is 60.7 cm³/mol. The van der Waals surface area contributed by atoms with Gasteiger partial charge in [0.15, 0.2) is 0 Å². The summed E-state index contributed by atoms with van der Waals surface area (Å²) in [5, 5.41) is 0. The van der Waals surface area contributed by atoms with Crippen LogP contribution in [0.2, 0.25) is 0 Å². The molecule has 0 aromatic rings. The van der Waals surface area contributed by atoms with Crippen LogP contribution in [0.25, 0.3) is 0 Å². The number of Topliss-reactive ketones (excluding diaryl/α,β-unsaturated/α-hetero) is 1. The number of hydrogen-bond donors (Lipinski definition) is 0. The zero-order valence-corrected chi connectivity index (χ0v) is 10.2. The van der Waals surface area contributed by atoms with E-state index in [9.17, 15) is 4.79 Å². The standard InChI is InChI=1S/C13H20O3/c1-4-5-6-13(3)10-7-11(14)9(2)12(8-10)15-16-13/h5-6,9-10,12H,4,7-8H2,1-3H3/t9-,10+,12+,13?/m0/s1. The lowest BCUT2D eigenvalue weighted by molar-refractivity contribution is -0.415. The fourth-order valence-electron chi connectivity index (χ4n) is 2.51. The Labute approximate surface area is 96.7 Å². The zero-order valence-electron chi connectivity index (χ0n) is 10.2. The summed E-state index contributed by atoms with van der Waals surface area (Å²) in [6.45, 7) is 6.01. The Morgan fingerprint density at radius 3 is 3.00 bits per heavy atom. The maximum atomic E-state index is 11.8. The van der Waals surface area contributed by atoms with Crippen LogP contribution >= 0.6 is 0 Å². The normalized spacial score (nSPS) is 43.9. The second-order valence-electron chi connectivity index (χ2n) is 5.10. The van der Waals surface area contributed by atoms with Crippen molar-refractivity contribution in [2.45, 2.75) is 51.7 Å². The molecule has 3 heteroatoms. The van der Waals surface area contributed by atoms with Crippen molar-refractivity contribution in [3.8, 4) is 0 Å². The van der Waals surface area contributed by atoms with Gasteiger partial charge in [-0.3, -0.25) is 4.79 Å². The van der Waals surface area contributed by atoms with Crippen LogP contribution in [0, 0.1) is 11.8 Å². The largest absolute Gasteiger partial charge is 0.299 e. The van der Waals surface area contributed by atoms with Gasteiger partial charge in [-0.2, -0.15) is 0 Å². The minimum atomic E-state index is -0.428. The Morgan fingerprint density at radius 2 is 2.31 bits per heavy atom. The van der Waals surface area contributed by atoms with Gasteiger partial charge in [-0.25, -0.2) is 9.78 Å². The van der Waals surface area contributed by atoms with Gasteiger partial charge in [0.05, 0.1) is 0 Å². The zero-order chi connectivity index (χ0) is 11.8. The number of rotatable bonds is 2. The van der Waals surface area contributed by atoms with Crippen LogP contribution in [0.1, 0.15) is 40.0 Å². The third-order valence-corrected chi connectivity index (χ3v) is 3.88. The van der Waals surface area contributed by atoms with Gasteiger partial charge in [0.2, 0.25) is 0 Å². The van der Waals surface area contributed by atoms with E-state index in [1.807, 2.05) is 19.9 Å². The smallest absolute Gasteiger partial charge is 0.138 e. The number of fused-ring (bicyclic) bond motifs is 2. The first-order valence-corrected chi connectivity index (χ1v) is 6.11. The molecular weight excluding hydrogens is 204 g/mol. The number of ketones is 1. The van der Waals surface area contributed by atoms with E-state index < -0.39 is 5.60 Å². The molecule has 2 rings (SSSR count). The van der Waals surface area contributed by atoms with Gasteiger partial charge in [-0.15, -0.1) is 0 Å². The molecular formula is C13H20O3. The molecule has 1 unspecified atom stereocenters. The maximum absolute atomic E-state index is 11.8. The Morgan fingerprint density at radius 1 is 1.56 bits per heavy atom. The first-order chi connectivity index (χ1) is 7.57. The third kappa shape index (κ3) is 1.94. The van der Waals surface area contributed by atoms with Crippen LogP contribution in [0.3, 0.4) is 0 Å². The molecule has 0 spiro atoms. The average molecular weight is 224 g/mol. The highest BCUT2D eigenvalue weighted by molar-refractivity contribution is 5.82. The molecule has 2 aliphatic rings. The van der Waals surface area contributed by atoms with E-state index in [1.54, 1.807) is 0 Å². The van der Waals surface area contributed by atoms with Crippen molar-refractivity contribution in [1.29, 1.82) is 0 Å². The van der Waals surface area contributed by atoms with Crippen molar-refractivity contribution < 1.29 is 14.6 Å². The average Bonchev–Trinajstić information content (AvgIpc) is 2.27. The highest BCUT2D eigenvalue weighted by Gasteiger charge is 2.48. The molecule has 0 N–H and O–H groups in total. The van der Waals surface area contributed by atoms with Crippen LogP contribution in [0.15, 0.2) is 12.2 Å². The number of hydrogen-bond acceptors (Lipinski definition) is 3. The van der Waals surface area contributed by atoms with Crippen molar-refractivity contribution in [3.63, 3.8) is 0 Å². The van der Waals surface area contributed by atoms with E-state index in [2.05, 4.69) is 13.0 Å². The van der Waals surface area contributed by atoms with E-state index >= 15 is 0 Å². The summed E-state index contributed by atoms with van der Waals surface area (Å²) in [5.41, 5.74) is -0.428.